The van der Waals surface area contributed by atoms with Crippen LogP contribution in [-0.4, -0.2) is 65.7 Å². The van der Waals surface area contributed by atoms with Crippen LogP contribution in [0, 0.1) is 0 Å². The fourth-order valence-corrected chi connectivity index (χ4v) is 6.37. The molecule has 1 unspecified atom stereocenters. The first-order chi connectivity index (χ1) is 26.7. The van der Waals surface area contributed by atoms with Crippen LogP contribution in [-0.2, 0) is 32.7 Å². The Morgan fingerprint density at radius 2 is 0.945 bits per heavy atom. The number of rotatable bonds is 40. The Morgan fingerprint density at radius 1 is 0.545 bits per heavy atom. The second-order valence-corrected chi connectivity index (χ2v) is 15.8. The van der Waals surface area contributed by atoms with E-state index in [1.807, 2.05) is 0 Å². The third-order valence-electron chi connectivity index (χ3n) is 8.96. The molecule has 0 aromatic carbocycles. The Labute approximate surface area is 334 Å². The fourth-order valence-electron chi connectivity index (χ4n) is 5.58. The molecule has 320 valence electrons. The summed E-state index contributed by atoms with van der Waals surface area (Å²) >= 11 is 0. The lowest BCUT2D eigenvalue weighted by atomic mass is 10.1. The number of hydrogen-bond acceptors (Lipinski definition) is 9. The lowest BCUT2D eigenvalue weighted by Gasteiger charge is -2.20. The number of ether oxygens (including phenoxy) is 2. The molecule has 0 spiro atoms. The molecule has 0 aromatic rings. The zero-order valence-corrected chi connectivity index (χ0v) is 35.5. The van der Waals surface area contributed by atoms with Gasteiger partial charge in [-0.2, -0.15) is 0 Å². The minimum atomic E-state index is -4.62. The number of carbonyl (C=O) groups excluding carboxylic acids is 2. The molecule has 0 fully saturated rings. The van der Waals surface area contributed by atoms with Crippen molar-refractivity contribution in [2.24, 2.45) is 0 Å². The summed E-state index contributed by atoms with van der Waals surface area (Å²) in [4.78, 5) is 35.0. The van der Waals surface area contributed by atoms with Gasteiger partial charge in [-0.3, -0.25) is 18.6 Å². The monoisotopic (exact) mass is 799 g/mol. The lowest BCUT2D eigenvalue weighted by Crippen LogP contribution is -2.29. The Balaban J connectivity index is 4.36. The van der Waals surface area contributed by atoms with Gasteiger partial charge in [-0.15, -0.1) is 0 Å². The summed E-state index contributed by atoms with van der Waals surface area (Å²) in [6.45, 7) is 2.30. The van der Waals surface area contributed by atoms with Gasteiger partial charge in [0.05, 0.1) is 19.8 Å². The molecule has 3 N–H and O–H groups in total. The number of aliphatic hydroxyl groups excluding tert-OH is 2. The topological polar surface area (TPSA) is 149 Å². The van der Waals surface area contributed by atoms with Gasteiger partial charge in [0.25, 0.3) is 0 Å². The molecule has 0 aliphatic heterocycles. The van der Waals surface area contributed by atoms with Gasteiger partial charge in [0.15, 0.2) is 6.10 Å². The van der Waals surface area contributed by atoms with Crippen LogP contribution >= 0.6 is 7.82 Å². The number of allylic oxidation sites excluding steroid dienone is 8. The van der Waals surface area contributed by atoms with E-state index >= 15 is 0 Å². The standard InChI is InChI=1S/C44H79O10P/c1-3-5-7-9-11-13-15-17-19-20-22-24-26-28-30-32-34-36-44(48)54-42(40-53-55(49,50)52-38-41(46)37-45)39-51-43(47)35-33-31-29-27-25-23-21-18-16-14-12-10-8-6-4-2/h11,13-14,16-17,19,22,24,41-42,45-46H,3-10,12,15,18,20-21,23,25-40H2,1-2H3,(H,49,50)/b13-11-,16-14-,19-17-,24-22-/t41-,42+/m0/s1. The molecule has 0 radical (unpaired) electrons. The van der Waals surface area contributed by atoms with Crippen molar-refractivity contribution in [1.82, 2.24) is 0 Å². The quantitative estimate of drug-likeness (QED) is 0.0237. The van der Waals surface area contributed by atoms with Crippen LogP contribution in [0.4, 0.5) is 0 Å². The maximum Gasteiger partial charge on any atom is 0.472 e. The molecule has 0 aliphatic rings. The largest absolute Gasteiger partial charge is 0.472 e. The Hall–Kier alpha value is -2.07. The maximum absolute atomic E-state index is 12.6. The summed E-state index contributed by atoms with van der Waals surface area (Å²) in [6, 6.07) is 0. The molecule has 0 aromatic heterocycles. The van der Waals surface area contributed by atoms with Gasteiger partial charge >= 0.3 is 19.8 Å². The van der Waals surface area contributed by atoms with Crippen molar-refractivity contribution in [1.29, 1.82) is 0 Å². The molecule has 0 saturated carbocycles. The summed E-state index contributed by atoms with van der Waals surface area (Å²) < 4.78 is 32.7. The average molecular weight is 799 g/mol. The van der Waals surface area contributed by atoms with Gasteiger partial charge in [0, 0.05) is 12.8 Å². The Kier molecular flexibility index (Phi) is 38.6. The third-order valence-corrected chi connectivity index (χ3v) is 9.91. The molecule has 0 bridgehead atoms. The van der Waals surface area contributed by atoms with Crippen molar-refractivity contribution in [2.75, 3.05) is 26.4 Å². The van der Waals surface area contributed by atoms with E-state index in [1.54, 1.807) is 0 Å². The predicted octanol–water partition coefficient (Wildman–Crippen LogP) is 11.3. The Morgan fingerprint density at radius 3 is 1.47 bits per heavy atom. The summed E-state index contributed by atoms with van der Waals surface area (Å²) in [5.41, 5.74) is 0. The van der Waals surface area contributed by atoms with Crippen molar-refractivity contribution in [3.63, 3.8) is 0 Å². The highest BCUT2D eigenvalue weighted by atomic mass is 31.2. The van der Waals surface area contributed by atoms with Gasteiger partial charge in [-0.25, -0.2) is 4.57 Å². The van der Waals surface area contributed by atoms with Gasteiger partial charge in [0.1, 0.15) is 12.7 Å². The van der Waals surface area contributed by atoms with Crippen LogP contribution in [0.25, 0.3) is 0 Å². The Bertz CT molecular complexity index is 1060. The SMILES string of the molecule is CCCCC/C=C\C/C=C\C/C=C\CCCCCCC(=O)O[C@H](COC(=O)CCCCCCCCC/C=C\CCCCCC)COP(=O)(O)OC[C@@H](O)CO. The minimum absolute atomic E-state index is 0.157. The summed E-state index contributed by atoms with van der Waals surface area (Å²) in [5, 5.41) is 18.3. The molecule has 0 rings (SSSR count). The molecule has 55 heavy (non-hydrogen) atoms. The fraction of sp³-hybridized carbons (Fsp3) is 0.773. The van der Waals surface area contributed by atoms with E-state index in [4.69, 9.17) is 19.1 Å². The summed E-state index contributed by atoms with van der Waals surface area (Å²) in [6.07, 6.45) is 42.1. The molecule has 0 heterocycles. The third kappa shape index (κ3) is 39.9. The van der Waals surface area contributed by atoms with Crippen LogP contribution in [0.2, 0.25) is 0 Å². The van der Waals surface area contributed by atoms with Crippen molar-refractivity contribution in [2.45, 2.75) is 193 Å². The maximum atomic E-state index is 12.6. The zero-order valence-electron chi connectivity index (χ0n) is 34.6. The molecular formula is C44H79O10P. The van der Waals surface area contributed by atoms with Crippen LogP contribution in [0.15, 0.2) is 48.6 Å². The van der Waals surface area contributed by atoms with Crippen LogP contribution in [0.3, 0.4) is 0 Å². The summed E-state index contributed by atoms with van der Waals surface area (Å²) in [5.74, 6) is -0.956. The van der Waals surface area contributed by atoms with Gasteiger partial charge in [0.2, 0.25) is 0 Å². The highest BCUT2D eigenvalue weighted by molar-refractivity contribution is 7.47. The van der Waals surface area contributed by atoms with Gasteiger partial charge in [-0.1, -0.05) is 140 Å². The normalized spacial score (nSPS) is 14.3. The predicted molar refractivity (Wildman–Crippen MR) is 224 cm³/mol. The molecule has 3 atom stereocenters. The first kappa shape index (κ1) is 52.9. The number of unbranched alkanes of at least 4 members (excludes halogenated alkanes) is 18. The number of phosphoric ester groups is 1. The van der Waals surface area contributed by atoms with E-state index in [1.165, 1.54) is 77.0 Å². The van der Waals surface area contributed by atoms with E-state index in [9.17, 15) is 24.2 Å². The molecule has 0 aliphatic carbocycles. The number of hydrogen-bond donors (Lipinski definition) is 3. The van der Waals surface area contributed by atoms with E-state index in [0.29, 0.717) is 12.8 Å². The highest BCUT2D eigenvalue weighted by Crippen LogP contribution is 2.43. The van der Waals surface area contributed by atoms with Crippen molar-refractivity contribution >= 4 is 19.8 Å². The number of carbonyl (C=O) groups is 2. The van der Waals surface area contributed by atoms with Crippen molar-refractivity contribution in [3.05, 3.63) is 48.6 Å². The molecular weight excluding hydrogens is 719 g/mol. The van der Waals surface area contributed by atoms with Crippen molar-refractivity contribution < 1.29 is 47.8 Å². The summed E-state index contributed by atoms with van der Waals surface area (Å²) in [7, 11) is -4.62. The van der Waals surface area contributed by atoms with Crippen molar-refractivity contribution in [3.8, 4) is 0 Å². The van der Waals surface area contributed by atoms with Gasteiger partial charge < -0.3 is 24.6 Å². The van der Waals surface area contributed by atoms with E-state index in [2.05, 4.69) is 67.0 Å². The van der Waals surface area contributed by atoms with Crippen LogP contribution in [0.5, 0.6) is 0 Å². The first-order valence-electron chi connectivity index (χ1n) is 21.6. The average Bonchev–Trinajstić information content (AvgIpc) is 3.17. The zero-order chi connectivity index (χ0) is 40.5. The van der Waals surface area contributed by atoms with E-state index < -0.39 is 51.8 Å². The first-order valence-corrected chi connectivity index (χ1v) is 23.1. The second kappa shape index (κ2) is 40.1. The van der Waals surface area contributed by atoms with E-state index in [0.717, 1.165) is 64.2 Å². The molecule has 11 heteroatoms. The number of esters is 2. The second-order valence-electron chi connectivity index (χ2n) is 14.4. The van der Waals surface area contributed by atoms with E-state index in [-0.39, 0.29) is 19.4 Å². The number of phosphoric acid groups is 1. The highest BCUT2D eigenvalue weighted by Gasteiger charge is 2.27. The minimum Gasteiger partial charge on any atom is -0.462 e. The smallest absolute Gasteiger partial charge is 0.462 e. The molecule has 10 nitrogen and oxygen atoms in total. The molecule has 0 saturated heterocycles. The number of aliphatic hydroxyl groups is 2. The lowest BCUT2D eigenvalue weighted by molar-refractivity contribution is -0.161. The van der Waals surface area contributed by atoms with Gasteiger partial charge in [-0.05, 0) is 77.0 Å². The van der Waals surface area contributed by atoms with Crippen LogP contribution in [0.1, 0.15) is 181 Å². The van der Waals surface area contributed by atoms with Crippen LogP contribution < -0.4 is 0 Å². The molecule has 0 amide bonds.